The van der Waals surface area contributed by atoms with Gasteiger partial charge in [-0.05, 0) is 33.0 Å². The highest BCUT2D eigenvalue weighted by Gasteiger charge is 2.22. The van der Waals surface area contributed by atoms with Gasteiger partial charge in [-0.2, -0.15) is 10.4 Å². The van der Waals surface area contributed by atoms with Crippen molar-refractivity contribution in [1.29, 1.82) is 5.26 Å². The third-order valence-electron chi connectivity index (χ3n) is 5.50. The summed E-state index contributed by atoms with van der Waals surface area (Å²) in [5.41, 5.74) is 0.777. The molecule has 0 unspecified atom stereocenters. The number of hydrogen-bond donors (Lipinski definition) is 1. The quantitative estimate of drug-likeness (QED) is 0.641. The largest absolute Gasteiger partial charge is 0.487 e. The Balaban J connectivity index is 1.40. The van der Waals surface area contributed by atoms with Crippen LogP contribution >= 0.6 is 0 Å². The third-order valence-corrected chi connectivity index (χ3v) is 5.50. The van der Waals surface area contributed by atoms with Gasteiger partial charge >= 0.3 is 0 Å². The van der Waals surface area contributed by atoms with Gasteiger partial charge in [-0.15, -0.1) is 0 Å². The minimum absolute atomic E-state index is 0.132. The Bertz CT molecular complexity index is 1010. The van der Waals surface area contributed by atoms with Crippen LogP contribution in [0.25, 0.3) is 0 Å². The summed E-state index contributed by atoms with van der Waals surface area (Å²) >= 11 is 0. The maximum atomic E-state index is 12.6. The number of rotatable bonds is 8. The molecule has 10 heteroatoms. The normalized spacial score (nSPS) is 14.8. The molecule has 10 nitrogen and oxygen atoms in total. The molecule has 32 heavy (non-hydrogen) atoms. The molecule has 3 rings (SSSR count). The maximum Gasteiger partial charge on any atom is 0.270 e. The first-order valence-corrected chi connectivity index (χ1v) is 10.7. The molecule has 1 N–H and O–H groups in total. The van der Waals surface area contributed by atoms with Gasteiger partial charge in [-0.3, -0.25) is 9.59 Å². The molecule has 1 aliphatic heterocycles. The van der Waals surface area contributed by atoms with Crippen molar-refractivity contribution in [1.82, 2.24) is 25.0 Å². The lowest BCUT2D eigenvalue weighted by Gasteiger charge is -2.35. The van der Waals surface area contributed by atoms with Crippen LogP contribution in [0, 0.1) is 18.3 Å². The summed E-state index contributed by atoms with van der Waals surface area (Å²) in [5.74, 6) is 1.43. The van der Waals surface area contributed by atoms with Crippen LogP contribution in [-0.2, 0) is 4.79 Å². The van der Waals surface area contributed by atoms with Gasteiger partial charge in [0.1, 0.15) is 23.7 Å². The topological polar surface area (TPSA) is 118 Å². The number of aromatic nitrogens is 3. The number of carbonyl (C=O) groups is 1. The van der Waals surface area contributed by atoms with Crippen molar-refractivity contribution in [3.8, 4) is 11.8 Å². The number of nitriles is 1. The number of aromatic amines is 1. The first kappa shape index (κ1) is 23.2. The smallest absolute Gasteiger partial charge is 0.270 e. The van der Waals surface area contributed by atoms with Gasteiger partial charge in [0, 0.05) is 51.9 Å². The van der Waals surface area contributed by atoms with Crippen molar-refractivity contribution in [3.63, 3.8) is 0 Å². The fourth-order valence-corrected chi connectivity index (χ4v) is 3.61. The summed E-state index contributed by atoms with van der Waals surface area (Å²) in [4.78, 5) is 34.7. The highest BCUT2D eigenvalue weighted by atomic mass is 16.5. The van der Waals surface area contributed by atoms with E-state index >= 15 is 0 Å². The number of likely N-dealkylation sites (N-methyl/N-ethyl adjacent to an activating group) is 1. The third kappa shape index (κ3) is 6.04. The van der Waals surface area contributed by atoms with Crippen LogP contribution in [-0.4, -0.2) is 83.3 Å². The van der Waals surface area contributed by atoms with E-state index in [4.69, 9.17) is 10.00 Å². The average molecular weight is 440 g/mol. The minimum Gasteiger partial charge on any atom is -0.487 e. The molecular weight excluding hydrogens is 410 g/mol. The molecule has 2 aromatic rings. The number of pyridine rings is 1. The van der Waals surface area contributed by atoms with Crippen LogP contribution in [0.3, 0.4) is 0 Å². The lowest BCUT2D eigenvalue weighted by molar-refractivity contribution is -0.131. The monoisotopic (exact) mass is 439 g/mol. The molecule has 0 saturated carbocycles. The van der Waals surface area contributed by atoms with Crippen molar-refractivity contribution < 1.29 is 9.53 Å². The summed E-state index contributed by atoms with van der Waals surface area (Å²) in [5, 5.41) is 15.0. The molecule has 0 radical (unpaired) electrons. The minimum atomic E-state index is -0.260. The highest BCUT2D eigenvalue weighted by Crippen LogP contribution is 2.15. The van der Waals surface area contributed by atoms with E-state index in [2.05, 4.69) is 31.1 Å². The average Bonchev–Trinajstić information content (AvgIpc) is 2.80. The zero-order valence-corrected chi connectivity index (χ0v) is 18.7. The second-order valence-electron chi connectivity index (χ2n) is 8.01. The second-order valence-corrected chi connectivity index (χ2v) is 8.01. The molecule has 170 valence electrons. The van der Waals surface area contributed by atoms with Gasteiger partial charge in [0.25, 0.3) is 5.56 Å². The van der Waals surface area contributed by atoms with Gasteiger partial charge < -0.3 is 19.4 Å². The number of piperazine rings is 1. The lowest BCUT2D eigenvalue weighted by Crippen LogP contribution is -2.49. The summed E-state index contributed by atoms with van der Waals surface area (Å²) in [6.45, 7) is 7.60. The van der Waals surface area contributed by atoms with Crippen LogP contribution in [0.15, 0.2) is 29.3 Å². The van der Waals surface area contributed by atoms with Crippen molar-refractivity contribution in [3.05, 3.63) is 46.0 Å². The molecule has 3 heterocycles. The number of anilines is 1. The number of H-pyrrole nitrogens is 1. The summed E-state index contributed by atoms with van der Waals surface area (Å²) < 4.78 is 5.84. The fourth-order valence-electron chi connectivity index (χ4n) is 3.61. The van der Waals surface area contributed by atoms with Gasteiger partial charge in [-0.1, -0.05) is 0 Å². The van der Waals surface area contributed by atoms with Crippen LogP contribution in [0.5, 0.6) is 5.75 Å². The van der Waals surface area contributed by atoms with E-state index < -0.39 is 0 Å². The van der Waals surface area contributed by atoms with E-state index in [1.165, 1.54) is 6.20 Å². The fraction of sp³-hybridized carbons (Fsp3) is 0.500. The van der Waals surface area contributed by atoms with E-state index in [0.29, 0.717) is 49.5 Å². The van der Waals surface area contributed by atoms with Gasteiger partial charge in [-0.25, -0.2) is 10.1 Å². The Morgan fingerprint density at radius 2 is 2.06 bits per heavy atom. The molecule has 1 amide bonds. The van der Waals surface area contributed by atoms with Gasteiger partial charge in [0.05, 0.1) is 17.3 Å². The van der Waals surface area contributed by atoms with Crippen molar-refractivity contribution >= 4 is 11.7 Å². The Labute approximate surface area is 187 Å². The number of hydrogen-bond acceptors (Lipinski definition) is 8. The van der Waals surface area contributed by atoms with Gasteiger partial charge in [0.15, 0.2) is 0 Å². The van der Waals surface area contributed by atoms with Gasteiger partial charge in [0.2, 0.25) is 5.91 Å². The van der Waals surface area contributed by atoms with Crippen LogP contribution in [0.4, 0.5) is 5.82 Å². The zero-order chi connectivity index (χ0) is 23.1. The number of nitrogens with zero attached hydrogens (tertiary/aromatic N) is 6. The Morgan fingerprint density at radius 3 is 2.72 bits per heavy atom. The summed E-state index contributed by atoms with van der Waals surface area (Å²) in [7, 11) is 1.95. The Hall–Kier alpha value is -3.45. The zero-order valence-electron chi connectivity index (χ0n) is 18.7. The molecule has 0 bridgehead atoms. The predicted octanol–water partition coefficient (Wildman–Crippen LogP) is 0.783. The molecule has 2 aromatic heterocycles. The number of carbonyl (C=O) groups excluding carboxylic acids is 1. The van der Waals surface area contributed by atoms with Crippen molar-refractivity contribution in [2.75, 3.05) is 51.2 Å². The molecule has 0 spiro atoms. The van der Waals surface area contributed by atoms with Crippen LogP contribution in [0.2, 0.25) is 0 Å². The first-order valence-electron chi connectivity index (χ1n) is 10.7. The summed E-state index contributed by atoms with van der Waals surface area (Å²) in [6.07, 6.45) is 3.36. The molecule has 1 atom stereocenters. The maximum absolute atomic E-state index is 12.6. The standard InChI is InChI=1S/C22H29N7O3/c1-16(32-19-14-25-26-22(31)17(19)2)15-27(3)7-6-21(30)29-10-8-28(9-11-29)20-5-4-18(12-23)13-24-20/h4-5,13-14,16H,6-11,15H2,1-3H3,(H,26,31)/t16-/m0/s1. The molecule has 1 fully saturated rings. The molecule has 0 aromatic carbocycles. The van der Waals surface area contributed by atoms with E-state index in [0.717, 1.165) is 18.9 Å². The molecule has 1 aliphatic rings. The van der Waals surface area contributed by atoms with Crippen LogP contribution < -0.4 is 15.2 Å². The SMILES string of the molecule is Cc1c(O[C@@H](C)CN(C)CCC(=O)N2CCN(c3ccc(C#N)cn3)CC2)cn[nH]c1=O. The number of nitrogens with one attached hydrogen (secondary N) is 1. The van der Waals surface area contributed by atoms with Crippen molar-refractivity contribution in [2.45, 2.75) is 26.4 Å². The predicted molar refractivity (Wildman–Crippen MR) is 120 cm³/mol. The molecule has 0 aliphatic carbocycles. The Kier molecular flexibility index (Phi) is 7.78. The van der Waals surface area contributed by atoms with E-state index in [1.54, 1.807) is 19.2 Å². The first-order chi connectivity index (χ1) is 15.4. The van der Waals surface area contributed by atoms with Crippen molar-refractivity contribution in [2.24, 2.45) is 0 Å². The molecule has 1 saturated heterocycles. The Morgan fingerprint density at radius 1 is 1.31 bits per heavy atom. The van der Waals surface area contributed by atoms with E-state index in [9.17, 15) is 9.59 Å². The van der Waals surface area contributed by atoms with E-state index in [-0.39, 0.29) is 17.6 Å². The number of amides is 1. The van der Waals surface area contributed by atoms with E-state index in [1.807, 2.05) is 24.9 Å². The lowest BCUT2D eigenvalue weighted by atomic mass is 10.2. The second kappa shape index (κ2) is 10.7. The van der Waals surface area contributed by atoms with Crippen LogP contribution in [0.1, 0.15) is 24.5 Å². The molecular formula is C22H29N7O3. The number of ether oxygens (including phenoxy) is 1. The summed E-state index contributed by atoms with van der Waals surface area (Å²) in [6, 6.07) is 5.67. The highest BCUT2D eigenvalue weighted by molar-refractivity contribution is 5.76.